The zero-order valence-corrected chi connectivity index (χ0v) is 21.1. The van der Waals surface area contributed by atoms with Gasteiger partial charge in [-0.05, 0) is 80.1 Å². The molecule has 0 aliphatic carbocycles. The Balaban J connectivity index is 1.39. The van der Waals surface area contributed by atoms with Crippen molar-refractivity contribution in [1.82, 2.24) is 9.88 Å². The summed E-state index contributed by atoms with van der Waals surface area (Å²) in [7, 11) is 1.54. The SMILES string of the molecule is COc1ccc2ncc(CF)c(C(O)CCC3(CO)CCN(CC#Cc4cc(F)c(F)c(F)c4)CC3)c2c1. The van der Waals surface area contributed by atoms with Gasteiger partial charge in [-0.25, -0.2) is 17.6 Å². The third kappa shape index (κ3) is 6.09. The topological polar surface area (TPSA) is 65.8 Å². The van der Waals surface area contributed by atoms with Gasteiger partial charge in [0.15, 0.2) is 17.5 Å². The Morgan fingerprint density at radius 3 is 2.47 bits per heavy atom. The van der Waals surface area contributed by atoms with Crippen molar-refractivity contribution in [2.45, 2.75) is 38.5 Å². The van der Waals surface area contributed by atoms with Crippen LogP contribution in [0.15, 0.2) is 36.5 Å². The number of pyridine rings is 1. The zero-order chi connectivity index (χ0) is 27.3. The first kappa shape index (κ1) is 27.8. The maximum atomic E-state index is 13.8. The smallest absolute Gasteiger partial charge is 0.194 e. The minimum Gasteiger partial charge on any atom is -0.497 e. The van der Waals surface area contributed by atoms with Gasteiger partial charge >= 0.3 is 0 Å². The first-order valence-electron chi connectivity index (χ1n) is 12.5. The lowest BCUT2D eigenvalue weighted by Crippen LogP contribution is -2.42. The number of alkyl halides is 1. The van der Waals surface area contributed by atoms with Gasteiger partial charge in [0.25, 0.3) is 0 Å². The Kier molecular flexibility index (Phi) is 8.87. The Morgan fingerprint density at radius 2 is 1.84 bits per heavy atom. The van der Waals surface area contributed by atoms with Crippen LogP contribution < -0.4 is 4.74 Å². The zero-order valence-electron chi connectivity index (χ0n) is 21.1. The van der Waals surface area contributed by atoms with E-state index in [2.05, 4.69) is 21.7 Å². The lowest BCUT2D eigenvalue weighted by atomic mass is 9.74. The van der Waals surface area contributed by atoms with Gasteiger partial charge in [-0.15, -0.1) is 0 Å². The monoisotopic (exact) mass is 530 g/mol. The average Bonchev–Trinajstić information content (AvgIpc) is 2.94. The molecule has 2 N–H and O–H groups in total. The van der Waals surface area contributed by atoms with Crippen molar-refractivity contribution >= 4 is 10.9 Å². The van der Waals surface area contributed by atoms with E-state index in [0.717, 1.165) is 12.1 Å². The normalized spacial score (nSPS) is 16.2. The summed E-state index contributed by atoms with van der Waals surface area (Å²) in [5, 5.41) is 22.0. The minimum atomic E-state index is -1.52. The van der Waals surface area contributed by atoms with Crippen molar-refractivity contribution in [3.05, 3.63) is 70.7 Å². The van der Waals surface area contributed by atoms with Gasteiger partial charge in [-0.1, -0.05) is 11.8 Å². The molecular weight excluding hydrogens is 500 g/mol. The number of piperidine rings is 1. The Bertz CT molecular complexity index is 1320. The molecule has 1 unspecified atom stereocenters. The highest BCUT2D eigenvalue weighted by atomic mass is 19.2. The Hall–Kier alpha value is -3.19. The van der Waals surface area contributed by atoms with Crippen molar-refractivity contribution in [2.24, 2.45) is 5.41 Å². The number of likely N-dealkylation sites (tertiary alicyclic amines) is 1. The predicted octanol–water partition coefficient (Wildman–Crippen LogP) is 5.07. The molecule has 1 aromatic heterocycles. The van der Waals surface area contributed by atoms with Crippen molar-refractivity contribution in [3.63, 3.8) is 0 Å². The molecule has 9 heteroatoms. The summed E-state index contributed by atoms with van der Waals surface area (Å²) >= 11 is 0. The van der Waals surface area contributed by atoms with E-state index in [1.165, 1.54) is 13.3 Å². The molecule has 5 nitrogen and oxygen atoms in total. The molecule has 1 aliphatic heterocycles. The fourth-order valence-electron chi connectivity index (χ4n) is 5.00. The minimum absolute atomic E-state index is 0.0474. The van der Waals surface area contributed by atoms with Crippen LogP contribution in [0, 0.1) is 34.7 Å². The number of ether oxygens (including phenoxy) is 1. The fourth-order valence-corrected chi connectivity index (χ4v) is 5.00. The molecule has 1 atom stereocenters. The number of halogens is 4. The maximum Gasteiger partial charge on any atom is 0.194 e. The van der Waals surface area contributed by atoms with Crippen LogP contribution in [0.3, 0.4) is 0 Å². The summed E-state index contributed by atoms with van der Waals surface area (Å²) in [4.78, 5) is 6.36. The average molecular weight is 531 g/mol. The number of benzene rings is 2. The number of hydrogen-bond donors (Lipinski definition) is 2. The highest BCUT2D eigenvalue weighted by molar-refractivity contribution is 5.85. The predicted molar refractivity (Wildman–Crippen MR) is 136 cm³/mol. The second kappa shape index (κ2) is 12.1. The van der Waals surface area contributed by atoms with Gasteiger partial charge in [0.05, 0.1) is 25.3 Å². The van der Waals surface area contributed by atoms with E-state index in [-0.39, 0.29) is 12.2 Å². The summed E-state index contributed by atoms with van der Waals surface area (Å²) in [6, 6.07) is 7.00. The molecule has 202 valence electrons. The van der Waals surface area contributed by atoms with Crippen molar-refractivity contribution in [3.8, 4) is 17.6 Å². The standard InChI is InChI=1S/C29H30F4N2O3/c1-38-21-4-5-25-22(15-21)27(20(16-30)17-34-25)26(37)6-7-29(18-36)8-11-35(12-9-29)10-2-3-19-13-23(31)28(33)24(32)14-19/h4-5,13-15,17,26,36-37H,6-12,16,18H2,1H3. The summed E-state index contributed by atoms with van der Waals surface area (Å²) in [6.45, 7) is 0.833. The van der Waals surface area contributed by atoms with Crippen LogP contribution >= 0.6 is 0 Å². The van der Waals surface area contributed by atoms with E-state index in [4.69, 9.17) is 4.74 Å². The molecule has 3 aromatic rings. The van der Waals surface area contributed by atoms with Crippen molar-refractivity contribution in [1.29, 1.82) is 0 Å². The summed E-state index contributed by atoms with van der Waals surface area (Å²) in [5.41, 5.74) is 1.11. The molecule has 0 amide bonds. The third-order valence-electron chi connectivity index (χ3n) is 7.40. The molecule has 1 aliphatic rings. The summed E-state index contributed by atoms with van der Waals surface area (Å²) in [5.74, 6) is 2.04. The van der Waals surface area contributed by atoms with E-state index in [9.17, 15) is 27.8 Å². The van der Waals surface area contributed by atoms with E-state index in [0.29, 0.717) is 73.1 Å². The highest BCUT2D eigenvalue weighted by Gasteiger charge is 2.34. The Morgan fingerprint density at radius 1 is 1.13 bits per heavy atom. The number of aliphatic hydroxyl groups excluding tert-OH is 2. The lowest BCUT2D eigenvalue weighted by molar-refractivity contribution is 0.0272. The largest absolute Gasteiger partial charge is 0.497 e. The summed E-state index contributed by atoms with van der Waals surface area (Å²) < 4.78 is 59.0. The number of rotatable bonds is 8. The molecule has 0 saturated carbocycles. The van der Waals surface area contributed by atoms with Gasteiger partial charge in [0, 0.05) is 29.3 Å². The van der Waals surface area contributed by atoms with E-state index < -0.39 is 35.6 Å². The molecule has 0 radical (unpaired) electrons. The molecule has 2 aromatic carbocycles. The third-order valence-corrected chi connectivity index (χ3v) is 7.40. The molecule has 4 rings (SSSR count). The van der Waals surface area contributed by atoms with Crippen molar-refractivity contribution in [2.75, 3.05) is 33.4 Å². The molecular formula is C29H30F4N2O3. The quantitative estimate of drug-likeness (QED) is 0.242. The van der Waals surface area contributed by atoms with Gasteiger partial charge in [-0.3, -0.25) is 9.88 Å². The number of fused-ring (bicyclic) bond motifs is 1. The first-order valence-corrected chi connectivity index (χ1v) is 12.5. The molecule has 0 bridgehead atoms. The fraction of sp³-hybridized carbons (Fsp3) is 0.414. The van der Waals surface area contributed by atoms with E-state index in [1.54, 1.807) is 18.2 Å². The first-order chi connectivity index (χ1) is 18.3. The molecule has 0 spiro atoms. The second-order valence-corrected chi connectivity index (χ2v) is 9.76. The van der Waals surface area contributed by atoms with Crippen LogP contribution in [0.25, 0.3) is 10.9 Å². The molecule has 38 heavy (non-hydrogen) atoms. The van der Waals surface area contributed by atoms with E-state index >= 15 is 0 Å². The number of nitrogens with zero attached hydrogens (tertiary/aromatic N) is 2. The molecule has 2 heterocycles. The van der Waals surface area contributed by atoms with Crippen LogP contribution in [-0.2, 0) is 6.67 Å². The van der Waals surface area contributed by atoms with Gasteiger partial charge in [-0.2, -0.15) is 0 Å². The van der Waals surface area contributed by atoms with Crippen molar-refractivity contribution < 1.29 is 32.5 Å². The van der Waals surface area contributed by atoms with Gasteiger partial charge in [0.2, 0.25) is 0 Å². The number of hydrogen-bond acceptors (Lipinski definition) is 5. The maximum absolute atomic E-state index is 13.8. The Labute approximate surface area is 219 Å². The number of aliphatic hydroxyl groups is 2. The number of methoxy groups -OCH3 is 1. The van der Waals surface area contributed by atoms with Crippen LogP contribution in [0.2, 0.25) is 0 Å². The highest BCUT2D eigenvalue weighted by Crippen LogP contribution is 2.39. The van der Waals surface area contributed by atoms with Crippen LogP contribution in [0.5, 0.6) is 5.75 Å². The van der Waals surface area contributed by atoms with Gasteiger partial charge < -0.3 is 14.9 Å². The van der Waals surface area contributed by atoms with Crippen LogP contribution in [-0.4, -0.2) is 53.4 Å². The lowest BCUT2D eigenvalue weighted by Gasteiger charge is -2.40. The van der Waals surface area contributed by atoms with Gasteiger partial charge in [0.1, 0.15) is 12.4 Å². The number of aromatic nitrogens is 1. The van der Waals surface area contributed by atoms with E-state index in [1.807, 2.05) is 0 Å². The second-order valence-electron chi connectivity index (χ2n) is 9.76. The molecule has 1 fully saturated rings. The van der Waals surface area contributed by atoms with Crippen LogP contribution in [0.1, 0.15) is 48.5 Å². The summed E-state index contributed by atoms with van der Waals surface area (Å²) in [6.07, 6.45) is 2.71. The van der Waals surface area contributed by atoms with Crippen LogP contribution in [0.4, 0.5) is 17.6 Å². The molecule has 1 saturated heterocycles.